The highest BCUT2D eigenvalue weighted by atomic mass is 16.8. The fourth-order valence-corrected chi connectivity index (χ4v) is 4.52. The normalized spacial score (nSPS) is 24.7. The van der Waals surface area contributed by atoms with Crippen LogP contribution in [-0.2, 0) is 19.8 Å². The summed E-state index contributed by atoms with van der Waals surface area (Å²) in [5, 5.41) is 12.3. The first-order valence-corrected chi connectivity index (χ1v) is 10.9. The van der Waals surface area contributed by atoms with E-state index >= 15 is 0 Å². The van der Waals surface area contributed by atoms with Crippen LogP contribution in [0.3, 0.4) is 0 Å². The van der Waals surface area contributed by atoms with Gasteiger partial charge in [0.2, 0.25) is 5.90 Å². The van der Waals surface area contributed by atoms with Gasteiger partial charge >= 0.3 is 0 Å². The van der Waals surface area contributed by atoms with Gasteiger partial charge in [0.1, 0.15) is 24.4 Å². The van der Waals surface area contributed by atoms with Gasteiger partial charge in [-0.05, 0) is 30.5 Å². The Labute approximate surface area is 188 Å². The minimum Gasteiger partial charge on any atom is -0.476 e. The number of aliphatic hydroxyl groups is 1. The maximum atomic E-state index is 12.3. The minimum absolute atomic E-state index is 0.110. The predicted molar refractivity (Wildman–Crippen MR) is 122 cm³/mol. The Balaban J connectivity index is 1.58. The molecule has 0 aliphatic carbocycles. The number of aliphatic imine (C=N–C) groups is 1. The van der Waals surface area contributed by atoms with Gasteiger partial charge in [0, 0.05) is 0 Å². The molecule has 0 saturated carbocycles. The first-order chi connectivity index (χ1) is 15.5. The highest BCUT2D eigenvalue weighted by Crippen LogP contribution is 2.44. The molecule has 2 aliphatic heterocycles. The summed E-state index contributed by atoms with van der Waals surface area (Å²) < 4.78 is 18.7. The second-order valence-corrected chi connectivity index (χ2v) is 8.68. The Kier molecular flexibility index (Phi) is 5.33. The van der Waals surface area contributed by atoms with Crippen molar-refractivity contribution in [2.45, 2.75) is 43.5 Å². The van der Waals surface area contributed by atoms with Gasteiger partial charge in [0.25, 0.3) is 0 Å². The van der Waals surface area contributed by atoms with E-state index in [1.165, 1.54) is 0 Å². The molecule has 1 N–H and O–H groups in total. The third-order valence-electron chi connectivity index (χ3n) is 6.04. The molecule has 3 aromatic rings. The van der Waals surface area contributed by atoms with Crippen LogP contribution in [0.5, 0.6) is 0 Å². The van der Waals surface area contributed by atoms with E-state index in [-0.39, 0.29) is 6.04 Å². The molecular weight excluding hydrogens is 402 g/mol. The minimum atomic E-state index is -1.46. The Morgan fingerprint density at radius 2 is 1.34 bits per heavy atom. The van der Waals surface area contributed by atoms with Gasteiger partial charge in [-0.2, -0.15) is 0 Å². The van der Waals surface area contributed by atoms with Gasteiger partial charge in [0.15, 0.2) is 11.9 Å². The molecule has 5 rings (SSSR count). The Hall–Kier alpha value is -2.99. The molecule has 0 amide bonds. The van der Waals surface area contributed by atoms with Crippen LogP contribution in [0.15, 0.2) is 96.0 Å². The SMILES string of the molecule is CC1(C)O[C@@H](C(O)(c2ccccc2)c2ccccc2)[C@H](C2=N[C@H](c3ccccc3)CO2)O1. The van der Waals surface area contributed by atoms with Crippen molar-refractivity contribution >= 4 is 5.90 Å². The smallest absolute Gasteiger partial charge is 0.217 e. The highest BCUT2D eigenvalue weighted by molar-refractivity contribution is 5.84. The van der Waals surface area contributed by atoms with Crippen LogP contribution < -0.4 is 0 Å². The number of hydrogen-bond acceptors (Lipinski definition) is 5. The lowest BCUT2D eigenvalue weighted by Crippen LogP contribution is -2.49. The lowest BCUT2D eigenvalue weighted by molar-refractivity contribution is -0.165. The van der Waals surface area contributed by atoms with Crippen molar-refractivity contribution in [2.24, 2.45) is 4.99 Å². The molecule has 2 aliphatic rings. The van der Waals surface area contributed by atoms with Crippen LogP contribution in [0, 0.1) is 0 Å². The van der Waals surface area contributed by atoms with Crippen molar-refractivity contribution in [3.05, 3.63) is 108 Å². The first kappa shape index (κ1) is 20.9. The highest BCUT2D eigenvalue weighted by Gasteiger charge is 2.56. The largest absolute Gasteiger partial charge is 0.476 e. The monoisotopic (exact) mass is 429 g/mol. The van der Waals surface area contributed by atoms with Crippen molar-refractivity contribution in [2.75, 3.05) is 6.61 Å². The van der Waals surface area contributed by atoms with Gasteiger partial charge in [-0.15, -0.1) is 0 Å². The molecular formula is C27H27NO4. The van der Waals surface area contributed by atoms with Crippen LogP contribution in [0.4, 0.5) is 0 Å². The Morgan fingerprint density at radius 1 is 0.812 bits per heavy atom. The molecule has 3 aromatic carbocycles. The Bertz CT molecular complexity index is 1040. The first-order valence-electron chi connectivity index (χ1n) is 10.9. The van der Waals surface area contributed by atoms with E-state index in [2.05, 4.69) is 0 Å². The second-order valence-electron chi connectivity index (χ2n) is 8.68. The zero-order valence-corrected chi connectivity index (χ0v) is 18.2. The van der Waals surface area contributed by atoms with Crippen molar-refractivity contribution in [3.8, 4) is 0 Å². The summed E-state index contributed by atoms with van der Waals surface area (Å²) >= 11 is 0. The van der Waals surface area contributed by atoms with Gasteiger partial charge in [-0.1, -0.05) is 91.0 Å². The molecule has 164 valence electrons. The molecule has 0 radical (unpaired) electrons. The predicted octanol–water partition coefficient (Wildman–Crippen LogP) is 4.61. The van der Waals surface area contributed by atoms with E-state index in [1.54, 1.807) is 0 Å². The summed E-state index contributed by atoms with van der Waals surface area (Å²) in [5.41, 5.74) is 1.07. The average molecular weight is 430 g/mol. The quantitative estimate of drug-likeness (QED) is 0.643. The van der Waals surface area contributed by atoms with Gasteiger partial charge in [-0.3, -0.25) is 0 Å². The molecule has 1 fully saturated rings. The molecule has 1 saturated heterocycles. The zero-order valence-electron chi connectivity index (χ0n) is 18.2. The fraction of sp³-hybridized carbons (Fsp3) is 0.296. The number of hydrogen-bond donors (Lipinski definition) is 1. The standard InChI is InChI=1S/C27H27NO4/c1-26(2)31-23(25-28-22(18-30-25)19-12-6-3-7-13-19)24(32-26)27(29,20-14-8-4-9-15-20)21-16-10-5-11-17-21/h3-17,22-24,29H,18H2,1-2H3/t22-,23+,24+/m0/s1. The molecule has 5 nitrogen and oxygen atoms in total. The summed E-state index contributed by atoms with van der Waals surface area (Å²) in [4.78, 5) is 4.84. The number of ether oxygens (including phenoxy) is 3. The van der Waals surface area contributed by atoms with Gasteiger partial charge in [0.05, 0.1) is 0 Å². The summed E-state index contributed by atoms with van der Waals surface area (Å²) in [5.74, 6) is -0.455. The molecule has 0 spiro atoms. The maximum absolute atomic E-state index is 12.3. The summed E-state index contributed by atoms with van der Waals surface area (Å²) in [6.45, 7) is 4.13. The van der Waals surface area contributed by atoms with Crippen LogP contribution in [0.1, 0.15) is 36.6 Å². The van der Waals surface area contributed by atoms with Crippen molar-refractivity contribution in [1.82, 2.24) is 0 Å². The van der Waals surface area contributed by atoms with Gasteiger partial charge in [-0.25, -0.2) is 4.99 Å². The van der Waals surface area contributed by atoms with Crippen LogP contribution in [0.2, 0.25) is 0 Å². The third kappa shape index (κ3) is 3.73. The topological polar surface area (TPSA) is 60.3 Å². The third-order valence-corrected chi connectivity index (χ3v) is 6.04. The molecule has 2 heterocycles. The lowest BCUT2D eigenvalue weighted by atomic mass is 9.79. The van der Waals surface area contributed by atoms with Crippen molar-refractivity contribution < 1.29 is 19.3 Å². The van der Waals surface area contributed by atoms with E-state index in [1.807, 2.05) is 105 Å². The molecule has 5 heteroatoms. The van der Waals surface area contributed by atoms with Gasteiger partial charge < -0.3 is 19.3 Å². The fourth-order valence-electron chi connectivity index (χ4n) is 4.52. The zero-order chi connectivity index (χ0) is 22.2. The Morgan fingerprint density at radius 3 is 1.91 bits per heavy atom. The lowest BCUT2D eigenvalue weighted by Gasteiger charge is -2.36. The average Bonchev–Trinajstić information content (AvgIpc) is 3.45. The molecule has 0 unspecified atom stereocenters. The van der Waals surface area contributed by atoms with Crippen LogP contribution in [0.25, 0.3) is 0 Å². The molecule has 0 bridgehead atoms. The molecule has 3 atom stereocenters. The van der Waals surface area contributed by atoms with Crippen LogP contribution in [-0.4, -0.2) is 35.6 Å². The summed E-state index contributed by atoms with van der Waals surface area (Å²) in [6, 6.07) is 29.1. The van der Waals surface area contributed by atoms with Crippen LogP contribution >= 0.6 is 0 Å². The second kappa shape index (κ2) is 8.17. The number of benzene rings is 3. The van der Waals surface area contributed by atoms with E-state index in [0.29, 0.717) is 12.5 Å². The molecule has 0 aromatic heterocycles. The summed E-state index contributed by atoms with van der Waals surface area (Å²) in [6.07, 6.45) is -1.42. The number of nitrogens with zero attached hydrogens (tertiary/aromatic N) is 1. The van der Waals surface area contributed by atoms with E-state index in [4.69, 9.17) is 19.2 Å². The van der Waals surface area contributed by atoms with E-state index in [0.717, 1.165) is 16.7 Å². The summed E-state index contributed by atoms with van der Waals surface area (Å²) in [7, 11) is 0. The van der Waals surface area contributed by atoms with Crippen molar-refractivity contribution in [1.29, 1.82) is 0 Å². The van der Waals surface area contributed by atoms with E-state index < -0.39 is 23.6 Å². The number of rotatable bonds is 5. The maximum Gasteiger partial charge on any atom is 0.217 e. The molecule has 32 heavy (non-hydrogen) atoms. The van der Waals surface area contributed by atoms with E-state index in [9.17, 15) is 5.11 Å². The van der Waals surface area contributed by atoms with Crippen molar-refractivity contribution in [3.63, 3.8) is 0 Å².